The Kier molecular flexibility index (Phi) is 4.42. The van der Waals surface area contributed by atoms with E-state index in [2.05, 4.69) is 5.32 Å². The zero-order chi connectivity index (χ0) is 14.7. The van der Waals surface area contributed by atoms with Crippen LogP contribution in [-0.2, 0) is 6.54 Å². The van der Waals surface area contributed by atoms with Gasteiger partial charge in [-0.3, -0.25) is 10.1 Å². The largest absolute Gasteiger partial charge is 0.381 e. The molecule has 2 rings (SSSR count). The first kappa shape index (κ1) is 14.6. The van der Waals surface area contributed by atoms with Crippen molar-refractivity contribution < 1.29 is 9.31 Å². The molecule has 0 atom stereocenters. The average Bonchev–Trinajstić information content (AvgIpc) is 2.41. The number of hydrogen-bond donors (Lipinski definition) is 1. The van der Waals surface area contributed by atoms with Crippen molar-refractivity contribution in [2.24, 2.45) is 0 Å². The quantitative estimate of drug-likeness (QED) is 0.660. The molecule has 0 heterocycles. The van der Waals surface area contributed by atoms with Gasteiger partial charge >= 0.3 is 0 Å². The number of nitrogens with one attached hydrogen (secondary N) is 1. The highest BCUT2D eigenvalue weighted by atomic mass is 35.5. The Morgan fingerprint density at radius 1 is 1.20 bits per heavy atom. The normalized spacial score (nSPS) is 10.3. The van der Waals surface area contributed by atoms with E-state index < -0.39 is 10.7 Å². The topological polar surface area (TPSA) is 55.2 Å². The van der Waals surface area contributed by atoms with Crippen LogP contribution in [0.2, 0.25) is 10.0 Å². The Morgan fingerprint density at radius 3 is 2.60 bits per heavy atom. The van der Waals surface area contributed by atoms with Gasteiger partial charge < -0.3 is 5.32 Å². The van der Waals surface area contributed by atoms with Gasteiger partial charge in [-0.1, -0.05) is 23.2 Å². The fourth-order valence-electron chi connectivity index (χ4n) is 1.66. The predicted molar refractivity (Wildman–Crippen MR) is 76.8 cm³/mol. The van der Waals surface area contributed by atoms with E-state index in [1.54, 1.807) is 12.1 Å². The molecule has 2 aromatic rings. The van der Waals surface area contributed by atoms with Crippen LogP contribution in [0, 0.1) is 15.9 Å². The molecule has 0 unspecified atom stereocenters. The van der Waals surface area contributed by atoms with Gasteiger partial charge in [0.1, 0.15) is 5.82 Å². The first-order chi connectivity index (χ1) is 9.47. The Hall–Kier alpha value is -1.85. The third-order valence-electron chi connectivity index (χ3n) is 2.65. The standard InChI is InChI=1S/C13H9Cl2FN2O2/c14-9-2-1-8(13(5-9)18(19)20)7-17-10-3-4-12(16)11(15)6-10/h1-6,17H,7H2. The molecule has 2 aromatic carbocycles. The molecule has 104 valence electrons. The number of nitrogens with zero attached hydrogens (tertiary/aromatic N) is 1. The minimum absolute atomic E-state index is 0.0133. The van der Waals surface area contributed by atoms with Crippen LogP contribution >= 0.6 is 23.2 Å². The number of nitro benzene ring substituents is 1. The number of rotatable bonds is 4. The van der Waals surface area contributed by atoms with Gasteiger partial charge in [0.05, 0.1) is 9.95 Å². The van der Waals surface area contributed by atoms with E-state index in [9.17, 15) is 14.5 Å². The molecule has 0 aromatic heterocycles. The fraction of sp³-hybridized carbons (Fsp3) is 0.0769. The molecule has 0 saturated carbocycles. The Morgan fingerprint density at radius 2 is 1.95 bits per heavy atom. The molecule has 0 bridgehead atoms. The van der Waals surface area contributed by atoms with Crippen LogP contribution in [0.5, 0.6) is 0 Å². The second-order valence-corrected chi connectivity index (χ2v) is 4.86. The lowest BCUT2D eigenvalue weighted by Gasteiger charge is -2.08. The van der Waals surface area contributed by atoms with Gasteiger partial charge in [-0.05, 0) is 30.3 Å². The summed E-state index contributed by atoms with van der Waals surface area (Å²) < 4.78 is 13.0. The predicted octanol–water partition coefficient (Wildman–Crippen LogP) is 4.65. The van der Waals surface area contributed by atoms with E-state index >= 15 is 0 Å². The molecule has 0 fully saturated rings. The van der Waals surface area contributed by atoms with Crippen molar-refractivity contribution in [3.63, 3.8) is 0 Å². The number of halogens is 3. The Balaban J connectivity index is 2.18. The van der Waals surface area contributed by atoms with E-state index in [4.69, 9.17) is 23.2 Å². The van der Waals surface area contributed by atoms with Crippen molar-refractivity contribution in [2.45, 2.75) is 6.54 Å². The summed E-state index contributed by atoms with van der Waals surface area (Å²) in [5.41, 5.74) is 0.971. The first-order valence-electron chi connectivity index (χ1n) is 5.59. The Bertz CT molecular complexity index is 665. The molecular formula is C13H9Cl2FN2O2. The van der Waals surface area contributed by atoms with Crippen LogP contribution in [0.4, 0.5) is 15.8 Å². The number of benzene rings is 2. The van der Waals surface area contributed by atoms with Crippen LogP contribution in [0.15, 0.2) is 36.4 Å². The van der Waals surface area contributed by atoms with Gasteiger partial charge in [0.2, 0.25) is 0 Å². The molecular weight excluding hydrogens is 306 g/mol. The maximum Gasteiger partial charge on any atom is 0.275 e. The highest BCUT2D eigenvalue weighted by molar-refractivity contribution is 6.31. The van der Waals surface area contributed by atoms with Gasteiger partial charge in [0, 0.05) is 28.9 Å². The third-order valence-corrected chi connectivity index (χ3v) is 3.17. The molecule has 4 nitrogen and oxygen atoms in total. The van der Waals surface area contributed by atoms with Crippen molar-refractivity contribution in [3.8, 4) is 0 Å². The van der Waals surface area contributed by atoms with Gasteiger partial charge in [-0.15, -0.1) is 0 Å². The molecule has 1 N–H and O–H groups in total. The van der Waals surface area contributed by atoms with E-state index in [0.29, 0.717) is 16.3 Å². The molecule has 0 saturated heterocycles. The molecule has 0 radical (unpaired) electrons. The van der Waals surface area contributed by atoms with Crippen LogP contribution in [-0.4, -0.2) is 4.92 Å². The molecule has 7 heteroatoms. The van der Waals surface area contributed by atoms with E-state index in [1.807, 2.05) is 0 Å². The minimum Gasteiger partial charge on any atom is -0.381 e. The van der Waals surface area contributed by atoms with Crippen molar-refractivity contribution >= 4 is 34.6 Å². The Labute approximate surface area is 124 Å². The molecule has 0 spiro atoms. The smallest absolute Gasteiger partial charge is 0.275 e. The van der Waals surface area contributed by atoms with Crippen molar-refractivity contribution in [3.05, 3.63) is 67.9 Å². The van der Waals surface area contributed by atoms with Gasteiger partial charge in [0.15, 0.2) is 0 Å². The van der Waals surface area contributed by atoms with E-state index in [1.165, 1.54) is 24.3 Å². The van der Waals surface area contributed by atoms with E-state index in [0.717, 1.165) is 0 Å². The summed E-state index contributed by atoms with van der Waals surface area (Å²) in [4.78, 5) is 10.4. The van der Waals surface area contributed by atoms with Gasteiger partial charge in [0.25, 0.3) is 5.69 Å². The van der Waals surface area contributed by atoms with E-state index in [-0.39, 0.29) is 17.3 Å². The van der Waals surface area contributed by atoms with Crippen molar-refractivity contribution in [2.75, 3.05) is 5.32 Å². The number of hydrogen-bond acceptors (Lipinski definition) is 3. The third kappa shape index (κ3) is 3.37. The molecule has 20 heavy (non-hydrogen) atoms. The van der Waals surface area contributed by atoms with Crippen molar-refractivity contribution in [1.29, 1.82) is 0 Å². The number of anilines is 1. The number of nitro groups is 1. The maximum atomic E-state index is 13.0. The summed E-state index contributed by atoms with van der Waals surface area (Å²) >= 11 is 11.4. The molecule has 0 amide bonds. The summed E-state index contributed by atoms with van der Waals surface area (Å²) in [6, 6.07) is 8.57. The lowest BCUT2D eigenvalue weighted by molar-refractivity contribution is -0.385. The highest BCUT2D eigenvalue weighted by Crippen LogP contribution is 2.25. The van der Waals surface area contributed by atoms with Crippen LogP contribution in [0.25, 0.3) is 0 Å². The second-order valence-electron chi connectivity index (χ2n) is 4.01. The minimum atomic E-state index is -0.519. The lowest BCUT2D eigenvalue weighted by Crippen LogP contribution is -2.03. The summed E-state index contributed by atoms with van der Waals surface area (Å²) in [6.07, 6.45) is 0. The monoisotopic (exact) mass is 314 g/mol. The molecule has 0 aliphatic rings. The molecule has 0 aliphatic carbocycles. The summed E-state index contributed by atoms with van der Waals surface area (Å²) in [5, 5.41) is 14.2. The van der Waals surface area contributed by atoms with Crippen molar-refractivity contribution in [1.82, 2.24) is 0 Å². The maximum absolute atomic E-state index is 13.0. The van der Waals surface area contributed by atoms with Gasteiger partial charge in [-0.25, -0.2) is 4.39 Å². The average molecular weight is 315 g/mol. The van der Waals surface area contributed by atoms with Crippen LogP contribution < -0.4 is 5.32 Å². The van der Waals surface area contributed by atoms with Gasteiger partial charge in [-0.2, -0.15) is 0 Å². The summed E-state index contributed by atoms with van der Waals surface area (Å²) in [5.74, 6) is -0.519. The van der Waals surface area contributed by atoms with Crippen LogP contribution in [0.1, 0.15) is 5.56 Å². The summed E-state index contributed by atoms with van der Waals surface area (Å²) in [6.45, 7) is 0.204. The fourth-order valence-corrected chi connectivity index (χ4v) is 2.01. The SMILES string of the molecule is O=[N+]([O-])c1cc(Cl)ccc1CNc1ccc(F)c(Cl)c1. The second kappa shape index (κ2) is 6.07. The van der Waals surface area contributed by atoms with Crippen LogP contribution in [0.3, 0.4) is 0 Å². The highest BCUT2D eigenvalue weighted by Gasteiger charge is 2.14. The zero-order valence-corrected chi connectivity index (χ0v) is 11.6. The molecule has 0 aliphatic heterocycles. The first-order valence-corrected chi connectivity index (χ1v) is 6.34. The summed E-state index contributed by atoms with van der Waals surface area (Å²) in [7, 11) is 0. The zero-order valence-electron chi connectivity index (χ0n) is 10.1. The lowest BCUT2D eigenvalue weighted by atomic mass is 10.1.